The standard InChI is InChI=1S/C19H30O/c1-3-5-7-10-14-17(13-9-6-4-2)19(20)18-15-11-8-12-16-18/h8,11-12,14-16,19-20H,3-7,9-10,13H2,1-2H3/b17-14-. The van der Waals surface area contributed by atoms with Crippen molar-refractivity contribution in [2.75, 3.05) is 0 Å². The molecule has 1 atom stereocenters. The van der Waals surface area contributed by atoms with E-state index in [-0.39, 0.29) is 0 Å². The summed E-state index contributed by atoms with van der Waals surface area (Å²) in [6.07, 6.45) is 11.4. The van der Waals surface area contributed by atoms with Crippen LogP contribution in [0.2, 0.25) is 0 Å². The lowest BCUT2D eigenvalue weighted by Gasteiger charge is -2.16. The quantitative estimate of drug-likeness (QED) is 0.422. The van der Waals surface area contributed by atoms with Crippen molar-refractivity contribution < 1.29 is 5.11 Å². The molecule has 0 radical (unpaired) electrons. The summed E-state index contributed by atoms with van der Waals surface area (Å²) in [5.41, 5.74) is 2.23. The lowest BCUT2D eigenvalue weighted by Crippen LogP contribution is -2.02. The predicted octanol–water partition coefficient (Wildman–Crippen LogP) is 5.81. The number of hydrogen-bond donors (Lipinski definition) is 1. The van der Waals surface area contributed by atoms with Crippen molar-refractivity contribution in [3.8, 4) is 0 Å². The molecule has 1 N–H and O–H groups in total. The fourth-order valence-corrected chi connectivity index (χ4v) is 2.46. The van der Waals surface area contributed by atoms with Gasteiger partial charge in [-0.2, -0.15) is 0 Å². The highest BCUT2D eigenvalue weighted by atomic mass is 16.3. The van der Waals surface area contributed by atoms with Gasteiger partial charge < -0.3 is 5.11 Å². The lowest BCUT2D eigenvalue weighted by molar-refractivity contribution is 0.210. The molecule has 0 saturated carbocycles. The summed E-state index contributed by atoms with van der Waals surface area (Å²) >= 11 is 0. The minimum atomic E-state index is -0.422. The number of allylic oxidation sites excluding steroid dienone is 1. The van der Waals surface area contributed by atoms with Crippen LogP contribution in [0.5, 0.6) is 0 Å². The van der Waals surface area contributed by atoms with Gasteiger partial charge in [-0.25, -0.2) is 0 Å². The molecule has 0 aliphatic carbocycles. The summed E-state index contributed by atoms with van der Waals surface area (Å²) < 4.78 is 0. The molecule has 1 nitrogen and oxygen atoms in total. The Hall–Kier alpha value is -1.08. The minimum Gasteiger partial charge on any atom is -0.384 e. The second-order valence-corrected chi connectivity index (χ2v) is 5.55. The number of aliphatic hydroxyl groups excluding tert-OH is 1. The average Bonchev–Trinajstić information content (AvgIpc) is 2.50. The molecule has 0 aliphatic heterocycles. The normalized spacial score (nSPS) is 13.4. The molecule has 0 heterocycles. The fourth-order valence-electron chi connectivity index (χ4n) is 2.46. The number of aliphatic hydroxyl groups is 1. The van der Waals surface area contributed by atoms with Crippen LogP contribution in [0.25, 0.3) is 0 Å². The zero-order valence-corrected chi connectivity index (χ0v) is 13.1. The van der Waals surface area contributed by atoms with E-state index in [4.69, 9.17) is 0 Å². The highest BCUT2D eigenvalue weighted by Crippen LogP contribution is 2.26. The van der Waals surface area contributed by atoms with Crippen molar-refractivity contribution in [3.63, 3.8) is 0 Å². The van der Waals surface area contributed by atoms with Gasteiger partial charge in [0.2, 0.25) is 0 Å². The maximum absolute atomic E-state index is 10.6. The van der Waals surface area contributed by atoms with Crippen molar-refractivity contribution >= 4 is 0 Å². The van der Waals surface area contributed by atoms with Crippen LogP contribution in [0.1, 0.15) is 76.9 Å². The Morgan fingerprint density at radius 1 is 1.00 bits per heavy atom. The highest BCUT2D eigenvalue weighted by molar-refractivity contribution is 5.25. The van der Waals surface area contributed by atoms with Gasteiger partial charge in [0.1, 0.15) is 6.10 Å². The van der Waals surface area contributed by atoms with Crippen molar-refractivity contribution in [1.29, 1.82) is 0 Å². The highest BCUT2D eigenvalue weighted by Gasteiger charge is 2.12. The summed E-state index contributed by atoms with van der Waals surface area (Å²) in [5, 5.41) is 10.6. The second kappa shape index (κ2) is 10.7. The van der Waals surface area contributed by atoms with Crippen LogP contribution in [0.15, 0.2) is 42.0 Å². The monoisotopic (exact) mass is 274 g/mol. The topological polar surface area (TPSA) is 20.2 Å². The Balaban J connectivity index is 2.64. The van der Waals surface area contributed by atoms with E-state index >= 15 is 0 Å². The summed E-state index contributed by atoms with van der Waals surface area (Å²) in [7, 11) is 0. The third kappa shape index (κ3) is 6.38. The van der Waals surface area contributed by atoms with Gasteiger partial charge in [0.15, 0.2) is 0 Å². The van der Waals surface area contributed by atoms with Crippen molar-refractivity contribution in [1.82, 2.24) is 0 Å². The first kappa shape index (κ1) is 17.0. The Labute approximate surface area is 124 Å². The molecule has 0 saturated heterocycles. The van der Waals surface area contributed by atoms with Gasteiger partial charge in [0.05, 0.1) is 0 Å². The number of benzene rings is 1. The molecule has 112 valence electrons. The Bertz CT molecular complexity index is 367. The number of rotatable bonds is 10. The van der Waals surface area contributed by atoms with Crippen LogP contribution in [0.3, 0.4) is 0 Å². The van der Waals surface area contributed by atoms with Crippen LogP contribution < -0.4 is 0 Å². The van der Waals surface area contributed by atoms with E-state index in [9.17, 15) is 5.11 Å². The van der Waals surface area contributed by atoms with Gasteiger partial charge in [-0.05, 0) is 36.8 Å². The first-order valence-electron chi connectivity index (χ1n) is 8.21. The molecular formula is C19H30O. The van der Waals surface area contributed by atoms with Gasteiger partial charge in [0.25, 0.3) is 0 Å². The first-order chi connectivity index (χ1) is 9.79. The van der Waals surface area contributed by atoms with E-state index in [1.54, 1.807) is 0 Å². The van der Waals surface area contributed by atoms with E-state index < -0.39 is 6.10 Å². The van der Waals surface area contributed by atoms with Crippen molar-refractivity contribution in [3.05, 3.63) is 47.5 Å². The maximum Gasteiger partial charge on any atom is 0.100 e. The van der Waals surface area contributed by atoms with Gasteiger partial charge in [-0.1, -0.05) is 75.9 Å². The third-order valence-corrected chi connectivity index (χ3v) is 3.75. The van der Waals surface area contributed by atoms with Crippen molar-refractivity contribution in [2.24, 2.45) is 0 Å². The van der Waals surface area contributed by atoms with Gasteiger partial charge >= 0.3 is 0 Å². The van der Waals surface area contributed by atoms with E-state index in [2.05, 4.69) is 19.9 Å². The SMILES string of the molecule is CCCCC/C=C(/CCCCC)C(O)c1ccccc1. The molecule has 0 amide bonds. The molecule has 1 rings (SSSR count). The zero-order valence-electron chi connectivity index (χ0n) is 13.1. The fraction of sp³-hybridized carbons (Fsp3) is 0.579. The number of unbranched alkanes of at least 4 members (excludes halogenated alkanes) is 5. The summed E-state index contributed by atoms with van der Waals surface area (Å²) in [6.45, 7) is 4.45. The Morgan fingerprint density at radius 2 is 1.65 bits per heavy atom. The van der Waals surface area contributed by atoms with E-state index in [1.807, 2.05) is 30.3 Å². The van der Waals surface area contributed by atoms with Crippen LogP contribution in [0.4, 0.5) is 0 Å². The van der Waals surface area contributed by atoms with E-state index in [0.717, 1.165) is 18.4 Å². The van der Waals surface area contributed by atoms with E-state index in [0.29, 0.717) is 0 Å². The Kier molecular flexibility index (Phi) is 9.06. The van der Waals surface area contributed by atoms with Crippen LogP contribution >= 0.6 is 0 Å². The lowest BCUT2D eigenvalue weighted by atomic mass is 9.95. The zero-order chi connectivity index (χ0) is 14.6. The van der Waals surface area contributed by atoms with Crippen molar-refractivity contribution in [2.45, 2.75) is 71.3 Å². The van der Waals surface area contributed by atoms with E-state index in [1.165, 1.54) is 44.1 Å². The summed E-state index contributed by atoms with van der Waals surface area (Å²) in [5.74, 6) is 0. The molecule has 1 aromatic carbocycles. The average molecular weight is 274 g/mol. The van der Waals surface area contributed by atoms with Crippen LogP contribution in [-0.2, 0) is 0 Å². The third-order valence-electron chi connectivity index (χ3n) is 3.75. The Morgan fingerprint density at radius 3 is 2.30 bits per heavy atom. The smallest absolute Gasteiger partial charge is 0.100 e. The second-order valence-electron chi connectivity index (χ2n) is 5.55. The van der Waals surface area contributed by atoms with Crippen LogP contribution in [0, 0.1) is 0 Å². The minimum absolute atomic E-state index is 0.422. The predicted molar refractivity (Wildman–Crippen MR) is 87.8 cm³/mol. The largest absolute Gasteiger partial charge is 0.384 e. The van der Waals surface area contributed by atoms with Crippen LogP contribution in [-0.4, -0.2) is 5.11 Å². The molecule has 0 spiro atoms. The molecule has 0 aromatic heterocycles. The maximum atomic E-state index is 10.6. The van der Waals surface area contributed by atoms with Gasteiger partial charge in [-0.15, -0.1) is 0 Å². The molecule has 0 aliphatic rings. The van der Waals surface area contributed by atoms with Gasteiger partial charge in [-0.3, -0.25) is 0 Å². The molecule has 0 fully saturated rings. The molecule has 20 heavy (non-hydrogen) atoms. The molecule has 1 aromatic rings. The molecule has 1 unspecified atom stereocenters. The molecular weight excluding hydrogens is 244 g/mol. The molecule has 0 bridgehead atoms. The molecule has 1 heteroatoms. The number of hydrogen-bond acceptors (Lipinski definition) is 1. The van der Waals surface area contributed by atoms with Gasteiger partial charge in [0, 0.05) is 0 Å². The first-order valence-corrected chi connectivity index (χ1v) is 8.21. The summed E-state index contributed by atoms with van der Waals surface area (Å²) in [6, 6.07) is 10.0. The summed E-state index contributed by atoms with van der Waals surface area (Å²) in [4.78, 5) is 0.